The van der Waals surface area contributed by atoms with Crippen LogP contribution in [-0.4, -0.2) is 80.4 Å². The molecule has 2 aliphatic heterocycles. The summed E-state index contributed by atoms with van der Waals surface area (Å²) in [7, 11) is 0. The molecule has 0 aliphatic carbocycles. The Morgan fingerprint density at radius 1 is 0.970 bits per heavy atom. The van der Waals surface area contributed by atoms with Crippen LogP contribution in [0.15, 0.2) is 48.5 Å². The highest BCUT2D eigenvalue weighted by atomic mass is 16.7. The largest absolute Gasteiger partial charge is 0.393 e. The Labute approximate surface area is 193 Å². The molecule has 0 bridgehead atoms. The van der Waals surface area contributed by atoms with Crippen LogP contribution in [0.2, 0.25) is 0 Å². The highest BCUT2D eigenvalue weighted by molar-refractivity contribution is 5.49. The van der Waals surface area contributed by atoms with Crippen molar-refractivity contribution < 1.29 is 35.4 Å². The number of aliphatic hydroxyl groups excluding tert-OH is 5. The van der Waals surface area contributed by atoms with E-state index in [0.717, 1.165) is 37.2 Å². The maximum absolute atomic E-state index is 11.3. The Balaban J connectivity index is 1.57. The molecule has 0 saturated carbocycles. The number of nitrogens with zero attached hydrogens (tertiary/aromatic N) is 1. The zero-order valence-electron chi connectivity index (χ0n) is 18.7. The summed E-state index contributed by atoms with van der Waals surface area (Å²) >= 11 is 0. The van der Waals surface area contributed by atoms with Gasteiger partial charge in [-0.2, -0.15) is 0 Å². The van der Waals surface area contributed by atoms with E-state index in [4.69, 9.17) is 4.74 Å². The van der Waals surface area contributed by atoms with Crippen LogP contribution in [0.5, 0.6) is 0 Å². The second-order valence-corrected chi connectivity index (χ2v) is 9.16. The fraction of sp³-hybridized carbons (Fsp3) is 0.520. The summed E-state index contributed by atoms with van der Waals surface area (Å²) in [6, 6.07) is 15.0. The van der Waals surface area contributed by atoms with Crippen LogP contribution in [0.25, 0.3) is 0 Å². The summed E-state index contributed by atoms with van der Waals surface area (Å²) in [5, 5.41) is 62.2. The van der Waals surface area contributed by atoms with Crippen molar-refractivity contribution in [2.24, 2.45) is 0 Å². The van der Waals surface area contributed by atoms with Gasteiger partial charge in [0.1, 0.15) is 24.4 Å². The lowest BCUT2D eigenvalue weighted by atomic mass is 9.84. The van der Waals surface area contributed by atoms with Crippen LogP contribution < -0.4 is 4.90 Å². The molecule has 8 heteroatoms. The van der Waals surface area contributed by atoms with Crippen molar-refractivity contribution in [1.29, 1.82) is 0 Å². The van der Waals surface area contributed by atoms with E-state index in [-0.39, 0.29) is 11.7 Å². The van der Waals surface area contributed by atoms with Crippen LogP contribution in [0.4, 0.5) is 5.69 Å². The minimum Gasteiger partial charge on any atom is -0.393 e. The number of aliphatic hydroxyl groups is 6. The highest BCUT2D eigenvalue weighted by Gasteiger charge is 2.55. The SMILES string of the molecule is C[C@H](O)[C@H]1O[C@](O)(c2ccccc2Cc2ccc(N3CCC(O)CC3)cc2)[C@H](O)[C@@H](O)[C@@H]1O. The van der Waals surface area contributed by atoms with Crippen LogP contribution in [0, 0.1) is 0 Å². The zero-order valence-corrected chi connectivity index (χ0v) is 18.7. The molecule has 2 fully saturated rings. The van der Waals surface area contributed by atoms with Crippen molar-refractivity contribution in [3.05, 3.63) is 65.2 Å². The van der Waals surface area contributed by atoms with E-state index in [1.54, 1.807) is 18.2 Å². The fourth-order valence-corrected chi connectivity index (χ4v) is 4.76. The van der Waals surface area contributed by atoms with E-state index < -0.39 is 36.3 Å². The van der Waals surface area contributed by atoms with Gasteiger partial charge in [0, 0.05) is 24.3 Å². The average Bonchev–Trinajstić information content (AvgIpc) is 2.81. The third-order valence-corrected chi connectivity index (χ3v) is 6.77. The van der Waals surface area contributed by atoms with Crippen LogP contribution >= 0.6 is 0 Å². The minimum atomic E-state index is -2.30. The number of rotatable bonds is 5. The predicted octanol–water partition coefficient (Wildman–Crippen LogP) is 0.246. The average molecular weight is 460 g/mol. The van der Waals surface area contributed by atoms with E-state index in [1.807, 2.05) is 30.3 Å². The topological polar surface area (TPSA) is 134 Å². The van der Waals surface area contributed by atoms with E-state index in [1.165, 1.54) is 6.92 Å². The molecular formula is C25H33NO7. The van der Waals surface area contributed by atoms with Gasteiger partial charge in [-0.1, -0.05) is 36.4 Å². The predicted molar refractivity (Wildman–Crippen MR) is 122 cm³/mol. The molecule has 0 unspecified atom stereocenters. The Bertz CT molecular complexity index is 929. The number of hydrogen-bond donors (Lipinski definition) is 6. The third kappa shape index (κ3) is 4.79. The van der Waals surface area contributed by atoms with Crippen LogP contribution in [0.1, 0.15) is 36.5 Å². The molecule has 2 saturated heterocycles. The molecule has 6 N–H and O–H groups in total. The van der Waals surface area contributed by atoms with Crippen molar-refractivity contribution in [3.63, 3.8) is 0 Å². The molecule has 2 heterocycles. The molecule has 4 rings (SSSR count). The second-order valence-electron chi connectivity index (χ2n) is 9.16. The van der Waals surface area contributed by atoms with Gasteiger partial charge in [-0.3, -0.25) is 0 Å². The summed E-state index contributed by atoms with van der Waals surface area (Å²) in [6.07, 6.45) is -5.78. The molecule has 2 aliphatic rings. The lowest BCUT2D eigenvalue weighted by molar-refractivity contribution is -0.364. The van der Waals surface area contributed by atoms with Gasteiger partial charge in [-0.05, 0) is 49.4 Å². The molecule has 180 valence electrons. The summed E-state index contributed by atoms with van der Waals surface area (Å²) in [6.45, 7) is 3.00. The number of ether oxygens (including phenoxy) is 1. The van der Waals surface area contributed by atoms with Gasteiger partial charge in [0.25, 0.3) is 0 Å². The Hall–Kier alpha value is -2.04. The monoisotopic (exact) mass is 459 g/mol. The van der Waals surface area contributed by atoms with Crippen molar-refractivity contribution in [3.8, 4) is 0 Å². The molecular weight excluding hydrogens is 426 g/mol. The normalized spacial score (nSPS) is 32.0. The Kier molecular flexibility index (Phi) is 7.07. The number of benzene rings is 2. The molecule has 0 amide bonds. The first-order valence-corrected chi connectivity index (χ1v) is 11.4. The van der Waals surface area contributed by atoms with Crippen LogP contribution in [-0.2, 0) is 16.9 Å². The number of anilines is 1. The molecule has 0 aromatic heterocycles. The zero-order chi connectivity index (χ0) is 23.8. The van der Waals surface area contributed by atoms with Gasteiger partial charge in [-0.15, -0.1) is 0 Å². The van der Waals surface area contributed by atoms with E-state index >= 15 is 0 Å². The first-order chi connectivity index (χ1) is 15.7. The van der Waals surface area contributed by atoms with Gasteiger partial charge < -0.3 is 40.3 Å². The lowest BCUT2D eigenvalue weighted by Gasteiger charge is -2.47. The quantitative estimate of drug-likeness (QED) is 0.375. The van der Waals surface area contributed by atoms with Gasteiger partial charge in [0.05, 0.1) is 12.2 Å². The van der Waals surface area contributed by atoms with Gasteiger partial charge in [0.15, 0.2) is 0 Å². The van der Waals surface area contributed by atoms with E-state index in [2.05, 4.69) is 4.90 Å². The van der Waals surface area contributed by atoms with E-state index in [9.17, 15) is 30.6 Å². The maximum atomic E-state index is 11.3. The molecule has 6 atom stereocenters. The Morgan fingerprint density at radius 3 is 2.24 bits per heavy atom. The van der Waals surface area contributed by atoms with E-state index in [0.29, 0.717) is 12.0 Å². The summed E-state index contributed by atoms with van der Waals surface area (Å²) in [5.74, 6) is -2.30. The van der Waals surface area contributed by atoms with Gasteiger partial charge >= 0.3 is 0 Å². The maximum Gasteiger partial charge on any atom is 0.222 e. The first-order valence-electron chi connectivity index (χ1n) is 11.4. The van der Waals surface area contributed by atoms with Crippen molar-refractivity contribution in [1.82, 2.24) is 0 Å². The molecule has 0 radical (unpaired) electrons. The smallest absolute Gasteiger partial charge is 0.222 e. The molecule has 2 aromatic carbocycles. The van der Waals surface area contributed by atoms with Gasteiger partial charge in [-0.25, -0.2) is 0 Å². The summed E-state index contributed by atoms with van der Waals surface area (Å²) in [5.41, 5.74) is 3.01. The number of hydrogen-bond acceptors (Lipinski definition) is 8. The van der Waals surface area contributed by atoms with Gasteiger partial charge in [0.2, 0.25) is 5.79 Å². The molecule has 0 spiro atoms. The Morgan fingerprint density at radius 2 is 1.61 bits per heavy atom. The van der Waals surface area contributed by atoms with Crippen LogP contribution in [0.3, 0.4) is 0 Å². The molecule has 33 heavy (non-hydrogen) atoms. The lowest BCUT2D eigenvalue weighted by Crippen LogP contribution is -2.65. The summed E-state index contributed by atoms with van der Waals surface area (Å²) in [4.78, 5) is 2.24. The summed E-state index contributed by atoms with van der Waals surface area (Å²) < 4.78 is 5.62. The number of piperidine rings is 1. The highest BCUT2D eigenvalue weighted by Crippen LogP contribution is 2.39. The second kappa shape index (κ2) is 9.68. The first kappa shape index (κ1) is 24.1. The van der Waals surface area contributed by atoms with Crippen molar-refractivity contribution in [2.75, 3.05) is 18.0 Å². The van der Waals surface area contributed by atoms with Crippen molar-refractivity contribution >= 4 is 5.69 Å². The molecule has 2 aromatic rings. The molecule has 8 nitrogen and oxygen atoms in total. The fourth-order valence-electron chi connectivity index (χ4n) is 4.76. The van der Waals surface area contributed by atoms with Crippen molar-refractivity contribution in [2.45, 2.75) is 68.6 Å². The standard InChI is InChI=1S/C25H33NO7/c1-15(27)23-21(29)22(30)24(31)25(32,33-23)20-5-3-2-4-17(20)14-16-6-8-18(9-7-16)26-12-10-19(28)11-13-26/h2-9,15,19,21-24,27-32H,10-14H2,1H3/t15-,21-,22-,23+,24+,25+/m0/s1. The minimum absolute atomic E-state index is 0.228. The third-order valence-electron chi connectivity index (χ3n) is 6.77.